The van der Waals surface area contributed by atoms with Gasteiger partial charge in [0.25, 0.3) is 0 Å². The molecule has 2 fully saturated rings. The zero-order valence-corrected chi connectivity index (χ0v) is 18.1. The molecule has 0 aliphatic carbocycles. The molecular formula is C23H31N3O6. The third-order valence-corrected chi connectivity index (χ3v) is 5.92. The summed E-state index contributed by atoms with van der Waals surface area (Å²) in [5.41, 5.74) is 0.837. The first-order chi connectivity index (χ1) is 15.5. The van der Waals surface area contributed by atoms with Crippen molar-refractivity contribution in [3.63, 3.8) is 0 Å². The number of hydrogen-bond donors (Lipinski definition) is 3. The highest BCUT2D eigenvalue weighted by Gasteiger charge is 2.31. The van der Waals surface area contributed by atoms with E-state index in [-0.39, 0.29) is 30.8 Å². The number of carbonyl (C=O) groups is 4. The van der Waals surface area contributed by atoms with Crippen LogP contribution < -0.4 is 16.0 Å². The summed E-state index contributed by atoms with van der Waals surface area (Å²) in [7, 11) is 0. The second-order valence-corrected chi connectivity index (χ2v) is 8.31. The molecule has 2 heterocycles. The molecular weight excluding hydrogens is 414 g/mol. The van der Waals surface area contributed by atoms with Gasteiger partial charge in [0.1, 0.15) is 18.9 Å². The van der Waals surface area contributed by atoms with Crippen molar-refractivity contribution >= 4 is 24.2 Å². The molecule has 0 aromatic heterocycles. The number of carbonyl (C=O) groups excluding carboxylic acids is 4. The van der Waals surface area contributed by atoms with Crippen molar-refractivity contribution < 1.29 is 28.7 Å². The molecule has 1 aromatic carbocycles. The zero-order chi connectivity index (χ0) is 22.8. The van der Waals surface area contributed by atoms with Gasteiger partial charge in [-0.05, 0) is 43.6 Å². The van der Waals surface area contributed by atoms with Crippen molar-refractivity contribution in [1.82, 2.24) is 16.0 Å². The summed E-state index contributed by atoms with van der Waals surface area (Å²) in [4.78, 5) is 48.7. The number of nitrogens with one attached hydrogen (secondary N) is 3. The molecule has 3 atom stereocenters. The number of hydrogen-bond acceptors (Lipinski definition) is 6. The second kappa shape index (κ2) is 12.2. The van der Waals surface area contributed by atoms with Crippen LogP contribution in [0.3, 0.4) is 0 Å². The summed E-state index contributed by atoms with van der Waals surface area (Å²) in [6.07, 6.45) is 2.83. The van der Waals surface area contributed by atoms with Crippen molar-refractivity contribution in [3.8, 4) is 0 Å². The van der Waals surface area contributed by atoms with Gasteiger partial charge in [-0.2, -0.15) is 0 Å². The Morgan fingerprint density at radius 1 is 1.12 bits per heavy atom. The summed E-state index contributed by atoms with van der Waals surface area (Å²) < 4.78 is 10.7. The lowest BCUT2D eigenvalue weighted by Crippen LogP contribution is -2.51. The minimum Gasteiger partial charge on any atom is -0.445 e. The van der Waals surface area contributed by atoms with Crippen molar-refractivity contribution in [2.75, 3.05) is 19.8 Å². The fourth-order valence-corrected chi connectivity index (χ4v) is 4.06. The second-order valence-electron chi connectivity index (χ2n) is 8.31. The maximum Gasteiger partial charge on any atom is 0.408 e. The highest BCUT2D eigenvalue weighted by molar-refractivity contribution is 5.88. The van der Waals surface area contributed by atoms with E-state index in [0.29, 0.717) is 38.9 Å². The predicted octanol–water partition coefficient (Wildman–Crippen LogP) is 1.31. The molecule has 9 heteroatoms. The van der Waals surface area contributed by atoms with E-state index in [1.54, 1.807) is 0 Å². The van der Waals surface area contributed by atoms with Crippen molar-refractivity contribution in [3.05, 3.63) is 35.9 Å². The molecule has 3 N–H and O–H groups in total. The van der Waals surface area contributed by atoms with E-state index in [1.807, 2.05) is 30.3 Å². The van der Waals surface area contributed by atoms with Crippen molar-refractivity contribution in [2.45, 2.75) is 50.8 Å². The molecule has 0 bridgehead atoms. The normalized spacial score (nSPS) is 20.6. The van der Waals surface area contributed by atoms with Crippen molar-refractivity contribution in [2.24, 2.45) is 11.8 Å². The lowest BCUT2D eigenvalue weighted by atomic mass is 9.92. The minimum absolute atomic E-state index is 0.0893. The van der Waals surface area contributed by atoms with Crippen LogP contribution >= 0.6 is 0 Å². The van der Waals surface area contributed by atoms with Gasteiger partial charge < -0.3 is 30.2 Å². The lowest BCUT2D eigenvalue weighted by molar-refractivity contribution is -0.127. The van der Waals surface area contributed by atoms with Crippen LogP contribution in [0.25, 0.3) is 0 Å². The Morgan fingerprint density at radius 2 is 1.88 bits per heavy atom. The Kier molecular flexibility index (Phi) is 9.03. The molecule has 32 heavy (non-hydrogen) atoms. The van der Waals surface area contributed by atoms with Crippen molar-refractivity contribution in [1.29, 1.82) is 0 Å². The third-order valence-electron chi connectivity index (χ3n) is 5.92. The van der Waals surface area contributed by atoms with Crippen LogP contribution in [0.2, 0.25) is 0 Å². The highest BCUT2D eigenvalue weighted by atomic mass is 16.5. The molecule has 0 saturated carbocycles. The van der Waals surface area contributed by atoms with Gasteiger partial charge in [-0.3, -0.25) is 9.59 Å². The van der Waals surface area contributed by atoms with Crippen LogP contribution in [-0.4, -0.2) is 56.0 Å². The first kappa shape index (κ1) is 23.7. The summed E-state index contributed by atoms with van der Waals surface area (Å²) in [6.45, 7) is 1.90. The summed E-state index contributed by atoms with van der Waals surface area (Å²) >= 11 is 0. The largest absolute Gasteiger partial charge is 0.445 e. The maximum absolute atomic E-state index is 13.0. The maximum atomic E-state index is 13.0. The molecule has 9 nitrogen and oxygen atoms in total. The Labute approximate surface area is 187 Å². The number of ether oxygens (including phenoxy) is 2. The van der Waals surface area contributed by atoms with Crippen LogP contribution in [0.15, 0.2) is 30.3 Å². The van der Waals surface area contributed by atoms with Crippen LogP contribution in [-0.2, 0) is 30.5 Å². The van der Waals surface area contributed by atoms with E-state index in [0.717, 1.165) is 18.4 Å². The number of rotatable bonds is 10. The number of benzene rings is 1. The smallest absolute Gasteiger partial charge is 0.408 e. The monoisotopic (exact) mass is 445 g/mol. The Bertz CT molecular complexity index is 781. The average molecular weight is 446 g/mol. The minimum atomic E-state index is -0.846. The first-order valence-electron chi connectivity index (χ1n) is 11.1. The topological polar surface area (TPSA) is 123 Å². The van der Waals surface area contributed by atoms with Crippen LogP contribution in [0.1, 0.15) is 37.7 Å². The Balaban J connectivity index is 1.58. The average Bonchev–Trinajstić information content (AvgIpc) is 3.22. The molecule has 0 unspecified atom stereocenters. The Hall–Kier alpha value is -2.94. The van der Waals surface area contributed by atoms with E-state index in [1.165, 1.54) is 0 Å². The van der Waals surface area contributed by atoms with Gasteiger partial charge in [-0.15, -0.1) is 0 Å². The van der Waals surface area contributed by atoms with Gasteiger partial charge in [0, 0.05) is 25.7 Å². The van der Waals surface area contributed by atoms with Gasteiger partial charge in [0.05, 0.1) is 6.04 Å². The fraction of sp³-hybridized carbons (Fsp3) is 0.565. The van der Waals surface area contributed by atoms with Crippen LogP contribution in [0, 0.1) is 11.8 Å². The van der Waals surface area contributed by atoms with E-state index >= 15 is 0 Å². The Morgan fingerprint density at radius 3 is 2.53 bits per heavy atom. The van der Waals surface area contributed by atoms with E-state index in [4.69, 9.17) is 9.47 Å². The number of aldehydes is 1. The first-order valence-corrected chi connectivity index (χ1v) is 11.1. The molecule has 2 aliphatic rings. The number of amides is 3. The van der Waals surface area contributed by atoms with E-state index < -0.39 is 24.1 Å². The lowest BCUT2D eigenvalue weighted by Gasteiger charge is -2.27. The molecule has 0 spiro atoms. The number of alkyl carbamates (subject to hydrolysis) is 1. The van der Waals surface area contributed by atoms with Gasteiger partial charge in [0.2, 0.25) is 11.8 Å². The quantitative estimate of drug-likeness (QED) is 0.467. The summed E-state index contributed by atoms with van der Waals surface area (Å²) in [5.74, 6) is -0.649. The summed E-state index contributed by atoms with van der Waals surface area (Å²) in [5, 5.41) is 8.08. The SMILES string of the molecule is O=C[C@H](C[C@@H]1CCNC1=O)NC(=O)[C@H](CC1CCOCC1)NC(=O)OCc1ccccc1. The van der Waals surface area contributed by atoms with E-state index in [9.17, 15) is 19.2 Å². The van der Waals surface area contributed by atoms with Gasteiger partial charge >= 0.3 is 6.09 Å². The molecule has 2 saturated heterocycles. The molecule has 174 valence electrons. The standard InChI is InChI=1S/C23H31N3O6/c27-14-19(13-18-6-9-24-21(18)28)25-22(29)20(12-16-7-10-31-11-8-16)26-23(30)32-15-17-4-2-1-3-5-17/h1-5,14,16,18-20H,6-13,15H2,(H,24,28)(H,25,29)(H,26,30)/t18-,19-,20-/m0/s1. The predicted molar refractivity (Wildman–Crippen MR) is 115 cm³/mol. The van der Waals surface area contributed by atoms with Crippen LogP contribution in [0.4, 0.5) is 4.79 Å². The molecule has 3 rings (SSSR count). The zero-order valence-electron chi connectivity index (χ0n) is 18.1. The summed E-state index contributed by atoms with van der Waals surface area (Å²) in [6, 6.07) is 7.61. The van der Waals surface area contributed by atoms with Crippen LogP contribution in [0.5, 0.6) is 0 Å². The molecule has 0 radical (unpaired) electrons. The molecule has 1 aromatic rings. The molecule has 2 aliphatic heterocycles. The van der Waals surface area contributed by atoms with Gasteiger partial charge in [-0.1, -0.05) is 30.3 Å². The van der Waals surface area contributed by atoms with Gasteiger partial charge in [0.15, 0.2) is 0 Å². The highest BCUT2D eigenvalue weighted by Crippen LogP contribution is 2.21. The van der Waals surface area contributed by atoms with Gasteiger partial charge in [-0.25, -0.2) is 4.79 Å². The fourth-order valence-electron chi connectivity index (χ4n) is 4.06. The third kappa shape index (κ3) is 7.33. The van der Waals surface area contributed by atoms with E-state index in [2.05, 4.69) is 16.0 Å². The molecule has 3 amide bonds.